The number of sulfonamides is 1. The Labute approximate surface area is 146 Å². The molecule has 1 aromatic heterocycles. The minimum absolute atomic E-state index is 0.0283. The molecule has 1 N–H and O–H groups in total. The van der Waals surface area contributed by atoms with Gasteiger partial charge in [-0.3, -0.25) is 4.72 Å². The van der Waals surface area contributed by atoms with Crippen LogP contribution in [0.15, 0.2) is 23.4 Å². The monoisotopic (exact) mass is 367 g/mol. The Morgan fingerprint density at radius 3 is 2.48 bits per heavy atom. The first-order valence-electron chi connectivity index (χ1n) is 7.56. The van der Waals surface area contributed by atoms with E-state index in [1.807, 2.05) is 6.92 Å². The van der Waals surface area contributed by atoms with E-state index in [1.165, 1.54) is 26.5 Å². The average molecular weight is 367 g/mol. The van der Waals surface area contributed by atoms with Crippen LogP contribution in [0.1, 0.15) is 28.7 Å². The number of nitrogens with one attached hydrogen (secondary N) is 1. The zero-order chi connectivity index (χ0) is 18.8. The molecule has 1 heterocycles. The van der Waals surface area contributed by atoms with E-state index >= 15 is 0 Å². The van der Waals surface area contributed by atoms with Crippen molar-refractivity contribution in [3.8, 4) is 5.75 Å². The van der Waals surface area contributed by atoms with Crippen LogP contribution in [0.25, 0.3) is 0 Å². The molecule has 136 valence electrons. The molecule has 0 amide bonds. The third-order valence-electron chi connectivity index (χ3n) is 3.82. The lowest BCUT2D eigenvalue weighted by molar-refractivity contribution is 0.0598. The van der Waals surface area contributed by atoms with Gasteiger partial charge in [0.05, 0.1) is 19.9 Å². The van der Waals surface area contributed by atoms with E-state index in [4.69, 9.17) is 9.47 Å². The smallest absolute Gasteiger partial charge is 0.343 e. The Bertz CT molecular complexity index is 883. The van der Waals surface area contributed by atoms with Crippen molar-refractivity contribution in [2.75, 3.05) is 18.9 Å². The van der Waals surface area contributed by atoms with Crippen LogP contribution in [-0.2, 0) is 28.2 Å². The van der Waals surface area contributed by atoms with Crippen molar-refractivity contribution in [1.29, 1.82) is 0 Å². The van der Waals surface area contributed by atoms with E-state index in [9.17, 15) is 13.2 Å². The number of methoxy groups -OCH3 is 2. The molecule has 0 saturated heterocycles. The van der Waals surface area contributed by atoms with Crippen molar-refractivity contribution in [3.63, 3.8) is 0 Å². The Kier molecular flexibility index (Phi) is 5.36. The molecular formula is C16H21N3O5S. The van der Waals surface area contributed by atoms with E-state index in [0.717, 1.165) is 5.56 Å². The summed E-state index contributed by atoms with van der Waals surface area (Å²) in [4.78, 5) is 16.2. The highest BCUT2D eigenvalue weighted by Crippen LogP contribution is 2.33. The first-order chi connectivity index (χ1) is 11.7. The molecule has 9 heteroatoms. The van der Waals surface area contributed by atoms with Gasteiger partial charge in [-0.25, -0.2) is 9.78 Å². The molecule has 0 radical (unpaired) electrons. The van der Waals surface area contributed by atoms with Crippen LogP contribution < -0.4 is 9.46 Å². The van der Waals surface area contributed by atoms with Crippen LogP contribution in [0.4, 0.5) is 5.69 Å². The van der Waals surface area contributed by atoms with Gasteiger partial charge in [0, 0.05) is 13.2 Å². The molecule has 0 fully saturated rings. The summed E-state index contributed by atoms with van der Waals surface area (Å²) in [7, 11) is 0.367. The molecule has 0 saturated carbocycles. The number of carbonyl (C=O) groups is 1. The van der Waals surface area contributed by atoms with Gasteiger partial charge in [0.25, 0.3) is 10.0 Å². The van der Waals surface area contributed by atoms with Gasteiger partial charge in [0.15, 0.2) is 5.03 Å². The van der Waals surface area contributed by atoms with Gasteiger partial charge in [0.2, 0.25) is 0 Å². The molecule has 2 rings (SSSR count). The van der Waals surface area contributed by atoms with Crippen molar-refractivity contribution in [2.45, 2.75) is 25.3 Å². The Morgan fingerprint density at radius 1 is 1.32 bits per heavy atom. The number of hydrogen-bond donors (Lipinski definition) is 1. The number of rotatable bonds is 6. The molecule has 0 aliphatic carbocycles. The Hall–Kier alpha value is -2.55. The van der Waals surface area contributed by atoms with Gasteiger partial charge in [0.1, 0.15) is 17.1 Å². The zero-order valence-corrected chi connectivity index (χ0v) is 15.6. The maximum absolute atomic E-state index is 12.6. The van der Waals surface area contributed by atoms with Gasteiger partial charge in [-0.1, -0.05) is 13.0 Å². The fourth-order valence-corrected chi connectivity index (χ4v) is 3.49. The maximum atomic E-state index is 12.6. The van der Waals surface area contributed by atoms with Crippen molar-refractivity contribution >= 4 is 21.7 Å². The summed E-state index contributed by atoms with van der Waals surface area (Å²) in [6, 6.07) is 3.22. The van der Waals surface area contributed by atoms with E-state index in [-0.39, 0.29) is 22.0 Å². The predicted molar refractivity (Wildman–Crippen MR) is 92.5 cm³/mol. The lowest BCUT2D eigenvalue weighted by Gasteiger charge is -2.16. The molecule has 0 spiro atoms. The molecule has 0 aliphatic heterocycles. The molecule has 8 nitrogen and oxygen atoms in total. The van der Waals surface area contributed by atoms with Crippen LogP contribution in [0, 0.1) is 6.92 Å². The quantitative estimate of drug-likeness (QED) is 0.783. The Balaban J connectivity index is 2.57. The molecule has 1 aromatic carbocycles. The highest BCUT2D eigenvalue weighted by molar-refractivity contribution is 7.92. The van der Waals surface area contributed by atoms with Crippen LogP contribution in [-0.4, -0.2) is 38.2 Å². The van der Waals surface area contributed by atoms with Gasteiger partial charge < -0.3 is 14.0 Å². The Morgan fingerprint density at radius 2 is 2.00 bits per heavy atom. The standard InChI is InChI=1S/C16H21N3O5S/c1-6-11-7-8-12(14(15(11)23-4)16(20)24-5)18-25(21,22)13-9-19(3)10(2)17-13/h7-9,18H,6H2,1-5H3. The second-order valence-electron chi connectivity index (χ2n) is 5.37. The van der Waals surface area contributed by atoms with Crippen LogP contribution in [0.5, 0.6) is 5.75 Å². The average Bonchev–Trinajstić information content (AvgIpc) is 2.93. The molecule has 0 unspecified atom stereocenters. The van der Waals surface area contributed by atoms with E-state index in [0.29, 0.717) is 12.2 Å². The number of aryl methyl sites for hydroxylation is 3. The van der Waals surface area contributed by atoms with Crippen LogP contribution >= 0.6 is 0 Å². The van der Waals surface area contributed by atoms with Crippen molar-refractivity contribution in [1.82, 2.24) is 9.55 Å². The van der Waals surface area contributed by atoms with Crippen LogP contribution in [0.3, 0.4) is 0 Å². The first-order valence-corrected chi connectivity index (χ1v) is 9.04. The van der Waals surface area contributed by atoms with Gasteiger partial charge >= 0.3 is 5.97 Å². The number of carbonyl (C=O) groups excluding carboxylic acids is 1. The molecule has 25 heavy (non-hydrogen) atoms. The normalized spacial score (nSPS) is 11.2. The van der Waals surface area contributed by atoms with E-state index in [1.54, 1.807) is 24.6 Å². The molecule has 0 bridgehead atoms. The fraction of sp³-hybridized carbons (Fsp3) is 0.375. The number of hydrogen-bond acceptors (Lipinski definition) is 6. The largest absolute Gasteiger partial charge is 0.495 e. The SMILES string of the molecule is CCc1ccc(NS(=O)(=O)c2cn(C)c(C)n2)c(C(=O)OC)c1OC. The number of benzene rings is 1. The first kappa shape index (κ1) is 18.8. The van der Waals surface area contributed by atoms with Gasteiger partial charge in [-0.2, -0.15) is 8.42 Å². The van der Waals surface area contributed by atoms with Crippen molar-refractivity contribution < 1.29 is 22.7 Å². The lowest BCUT2D eigenvalue weighted by Crippen LogP contribution is -2.17. The summed E-state index contributed by atoms with van der Waals surface area (Å²) >= 11 is 0. The molecule has 2 aromatic rings. The number of esters is 1. The van der Waals surface area contributed by atoms with Crippen LogP contribution in [0.2, 0.25) is 0 Å². The van der Waals surface area contributed by atoms with Gasteiger partial charge in [-0.05, 0) is 25.0 Å². The number of anilines is 1. The van der Waals surface area contributed by atoms with Crippen molar-refractivity contribution in [2.24, 2.45) is 7.05 Å². The topological polar surface area (TPSA) is 99.5 Å². The summed E-state index contributed by atoms with van der Waals surface area (Å²) in [6.45, 7) is 3.59. The minimum atomic E-state index is -3.97. The third-order valence-corrected chi connectivity index (χ3v) is 5.06. The van der Waals surface area contributed by atoms with Gasteiger partial charge in [-0.15, -0.1) is 0 Å². The maximum Gasteiger partial charge on any atom is 0.343 e. The summed E-state index contributed by atoms with van der Waals surface area (Å²) < 4.78 is 39.3. The second kappa shape index (κ2) is 7.14. The molecule has 0 aliphatic rings. The summed E-state index contributed by atoms with van der Waals surface area (Å²) in [6.07, 6.45) is 2.01. The fourth-order valence-electron chi connectivity index (χ4n) is 2.38. The molecule has 0 atom stereocenters. The summed E-state index contributed by atoms with van der Waals surface area (Å²) in [5.41, 5.74) is 0.865. The lowest BCUT2D eigenvalue weighted by atomic mass is 10.0. The number of aromatic nitrogens is 2. The molecular weight excluding hydrogens is 346 g/mol. The zero-order valence-electron chi connectivity index (χ0n) is 14.8. The third kappa shape index (κ3) is 3.60. The highest BCUT2D eigenvalue weighted by atomic mass is 32.2. The highest BCUT2D eigenvalue weighted by Gasteiger charge is 2.26. The summed E-state index contributed by atoms with van der Waals surface area (Å²) in [5, 5.41) is -0.137. The number of ether oxygens (including phenoxy) is 2. The minimum Gasteiger partial charge on any atom is -0.495 e. The summed E-state index contributed by atoms with van der Waals surface area (Å²) in [5.74, 6) is 0.140. The second-order valence-corrected chi connectivity index (χ2v) is 7.00. The van der Waals surface area contributed by atoms with E-state index < -0.39 is 16.0 Å². The predicted octanol–water partition coefficient (Wildman–Crippen LogP) is 1.89. The number of imidazole rings is 1. The van der Waals surface area contributed by atoms with Crippen molar-refractivity contribution in [3.05, 3.63) is 35.3 Å². The number of nitrogens with zero attached hydrogens (tertiary/aromatic N) is 2. The van der Waals surface area contributed by atoms with E-state index in [2.05, 4.69) is 9.71 Å².